The maximum Gasteiger partial charge on any atom is 0.303 e. The van der Waals surface area contributed by atoms with Gasteiger partial charge in [0, 0.05) is 26.7 Å². The number of rotatable bonds is 6. The molecule has 132 valence electrons. The predicted molar refractivity (Wildman–Crippen MR) is 77.7 cm³/mol. The van der Waals surface area contributed by atoms with Gasteiger partial charge in [-0.1, -0.05) is 0 Å². The fourth-order valence-corrected chi connectivity index (χ4v) is 2.35. The summed E-state index contributed by atoms with van der Waals surface area (Å²) in [4.78, 5) is 34.1. The normalized spacial score (nSPS) is 30.4. The summed E-state index contributed by atoms with van der Waals surface area (Å²) in [5.74, 6) is -1.61. The van der Waals surface area contributed by atoms with Gasteiger partial charge in [0.2, 0.25) is 0 Å². The highest BCUT2D eigenvalue weighted by Gasteiger charge is 2.50. The molecule has 0 amide bonds. The van der Waals surface area contributed by atoms with E-state index in [1.165, 1.54) is 20.8 Å². The molecule has 0 bridgehead atoms. The average Bonchev–Trinajstić information content (AvgIpc) is 2.42. The first kappa shape index (κ1) is 19.7. The predicted octanol–water partition coefficient (Wildman–Crippen LogP) is 0.782. The van der Waals surface area contributed by atoms with Crippen molar-refractivity contribution < 1.29 is 38.1 Å². The minimum Gasteiger partial charge on any atom is -0.456 e. The molecule has 0 aromatic rings. The Morgan fingerprint density at radius 3 is 1.87 bits per heavy atom. The molecule has 9 heteroatoms. The van der Waals surface area contributed by atoms with E-state index >= 15 is 0 Å². The van der Waals surface area contributed by atoms with Gasteiger partial charge >= 0.3 is 17.9 Å². The Kier molecular flexibility index (Phi) is 7.74. The molecule has 1 heterocycles. The van der Waals surface area contributed by atoms with Crippen LogP contribution < -0.4 is 0 Å². The Morgan fingerprint density at radius 1 is 0.913 bits per heavy atom. The van der Waals surface area contributed by atoms with Crippen molar-refractivity contribution in [1.82, 2.24) is 0 Å². The monoisotopic (exact) mass is 352 g/mol. The third-order valence-corrected chi connectivity index (χ3v) is 3.15. The fourth-order valence-electron chi connectivity index (χ4n) is 2.26. The SMILES string of the molecule is CC(=O)O[C@H]1[C@H](OC(C)=O)[C@H](OCCCl)O[C@@H](C)[C@H]1OC(C)=O. The highest BCUT2D eigenvalue weighted by molar-refractivity contribution is 6.17. The fraction of sp³-hybridized carbons (Fsp3) is 0.786. The van der Waals surface area contributed by atoms with Gasteiger partial charge in [-0.2, -0.15) is 0 Å². The van der Waals surface area contributed by atoms with Crippen LogP contribution in [0.2, 0.25) is 0 Å². The molecule has 0 spiro atoms. The number of ether oxygens (including phenoxy) is 5. The standard InChI is InChI=1S/C14H21ClO8/c1-7-11(21-8(2)16)12(22-9(3)17)13(23-10(4)18)14(20-7)19-6-5-15/h7,11-14H,5-6H2,1-4H3/t7-,11+,12+,13-,14+/m0/s1. The Bertz CT molecular complexity index is 440. The average molecular weight is 353 g/mol. The smallest absolute Gasteiger partial charge is 0.303 e. The molecule has 1 aliphatic rings. The summed E-state index contributed by atoms with van der Waals surface area (Å²) in [6.45, 7) is 5.38. The van der Waals surface area contributed by atoms with Gasteiger partial charge in [-0.05, 0) is 6.92 Å². The zero-order valence-corrected chi connectivity index (χ0v) is 14.2. The molecule has 1 fully saturated rings. The summed E-state index contributed by atoms with van der Waals surface area (Å²) in [7, 11) is 0. The largest absolute Gasteiger partial charge is 0.456 e. The van der Waals surface area contributed by atoms with E-state index < -0.39 is 48.6 Å². The molecule has 5 atom stereocenters. The van der Waals surface area contributed by atoms with E-state index in [9.17, 15) is 14.4 Å². The zero-order valence-electron chi connectivity index (χ0n) is 13.4. The first-order valence-electron chi connectivity index (χ1n) is 7.11. The maximum atomic E-state index is 11.4. The van der Waals surface area contributed by atoms with Crippen LogP contribution in [0.5, 0.6) is 0 Å². The molecular weight excluding hydrogens is 332 g/mol. The van der Waals surface area contributed by atoms with Crippen LogP contribution in [0.3, 0.4) is 0 Å². The van der Waals surface area contributed by atoms with E-state index in [-0.39, 0.29) is 12.5 Å². The molecule has 0 unspecified atom stereocenters. The van der Waals surface area contributed by atoms with E-state index in [4.69, 9.17) is 35.3 Å². The van der Waals surface area contributed by atoms with E-state index in [0.29, 0.717) is 0 Å². The van der Waals surface area contributed by atoms with Crippen molar-refractivity contribution in [1.29, 1.82) is 0 Å². The number of hydrogen-bond donors (Lipinski definition) is 0. The van der Waals surface area contributed by atoms with Crippen LogP contribution in [0.1, 0.15) is 27.7 Å². The first-order valence-corrected chi connectivity index (χ1v) is 7.64. The molecule has 1 rings (SSSR count). The van der Waals surface area contributed by atoms with Crippen LogP contribution in [-0.2, 0) is 38.1 Å². The van der Waals surface area contributed by atoms with Crippen molar-refractivity contribution in [2.75, 3.05) is 12.5 Å². The van der Waals surface area contributed by atoms with Gasteiger partial charge in [-0.15, -0.1) is 11.6 Å². The molecule has 0 saturated carbocycles. The van der Waals surface area contributed by atoms with Gasteiger partial charge in [0.05, 0.1) is 12.7 Å². The number of halogens is 1. The van der Waals surface area contributed by atoms with Crippen molar-refractivity contribution in [3.63, 3.8) is 0 Å². The summed E-state index contributed by atoms with van der Waals surface area (Å²) < 4.78 is 26.6. The van der Waals surface area contributed by atoms with Crippen molar-refractivity contribution in [2.24, 2.45) is 0 Å². The van der Waals surface area contributed by atoms with Crippen LogP contribution >= 0.6 is 11.6 Å². The van der Waals surface area contributed by atoms with Gasteiger partial charge in [-0.3, -0.25) is 14.4 Å². The lowest BCUT2D eigenvalue weighted by molar-refractivity contribution is -0.299. The van der Waals surface area contributed by atoms with Gasteiger partial charge in [-0.25, -0.2) is 0 Å². The van der Waals surface area contributed by atoms with Crippen LogP contribution in [0, 0.1) is 0 Å². The molecule has 0 N–H and O–H groups in total. The Balaban J connectivity index is 3.08. The molecular formula is C14H21ClO8. The lowest BCUT2D eigenvalue weighted by Crippen LogP contribution is -2.61. The zero-order chi connectivity index (χ0) is 17.6. The molecule has 0 radical (unpaired) electrons. The molecule has 1 aliphatic heterocycles. The second-order valence-electron chi connectivity index (χ2n) is 4.99. The van der Waals surface area contributed by atoms with Crippen LogP contribution in [-0.4, -0.2) is 61.1 Å². The number of alkyl halides is 1. The highest BCUT2D eigenvalue weighted by Crippen LogP contribution is 2.29. The summed E-state index contributed by atoms with van der Waals surface area (Å²) in [6, 6.07) is 0. The Labute approximate surface area is 139 Å². The van der Waals surface area contributed by atoms with E-state index in [2.05, 4.69) is 0 Å². The molecule has 0 aromatic carbocycles. The number of carbonyl (C=O) groups is 3. The molecule has 8 nitrogen and oxygen atoms in total. The third-order valence-electron chi connectivity index (χ3n) is 2.99. The summed E-state index contributed by atoms with van der Waals surface area (Å²) >= 11 is 5.59. The number of hydrogen-bond acceptors (Lipinski definition) is 8. The second kappa shape index (κ2) is 9.05. The second-order valence-corrected chi connectivity index (χ2v) is 5.37. The molecule has 0 aromatic heterocycles. The minimum absolute atomic E-state index is 0.141. The summed E-state index contributed by atoms with van der Waals surface area (Å²) in [6.07, 6.45) is -4.71. The van der Waals surface area contributed by atoms with Crippen LogP contribution in [0.25, 0.3) is 0 Å². The van der Waals surface area contributed by atoms with E-state index in [0.717, 1.165) is 0 Å². The van der Waals surface area contributed by atoms with Crippen LogP contribution in [0.4, 0.5) is 0 Å². The Morgan fingerprint density at radius 2 is 1.39 bits per heavy atom. The maximum absolute atomic E-state index is 11.4. The van der Waals surface area contributed by atoms with Gasteiger partial charge < -0.3 is 23.7 Å². The van der Waals surface area contributed by atoms with E-state index in [1.54, 1.807) is 6.92 Å². The van der Waals surface area contributed by atoms with Crippen molar-refractivity contribution in [3.05, 3.63) is 0 Å². The van der Waals surface area contributed by atoms with Crippen molar-refractivity contribution in [3.8, 4) is 0 Å². The topological polar surface area (TPSA) is 97.4 Å². The van der Waals surface area contributed by atoms with Gasteiger partial charge in [0.25, 0.3) is 0 Å². The lowest BCUT2D eigenvalue weighted by atomic mass is 9.99. The lowest BCUT2D eigenvalue weighted by Gasteiger charge is -2.43. The molecule has 23 heavy (non-hydrogen) atoms. The van der Waals surface area contributed by atoms with Crippen LogP contribution in [0.15, 0.2) is 0 Å². The first-order chi connectivity index (χ1) is 10.8. The summed E-state index contributed by atoms with van der Waals surface area (Å²) in [5, 5.41) is 0. The van der Waals surface area contributed by atoms with Crippen molar-refractivity contribution in [2.45, 2.75) is 58.4 Å². The number of carbonyl (C=O) groups excluding carboxylic acids is 3. The Hall–Kier alpha value is -1.38. The number of esters is 3. The van der Waals surface area contributed by atoms with E-state index in [1.807, 2.05) is 0 Å². The third kappa shape index (κ3) is 5.96. The highest BCUT2D eigenvalue weighted by atomic mass is 35.5. The molecule has 1 saturated heterocycles. The molecule has 0 aliphatic carbocycles. The van der Waals surface area contributed by atoms with Gasteiger partial charge in [0.1, 0.15) is 0 Å². The summed E-state index contributed by atoms with van der Waals surface area (Å²) in [5.41, 5.74) is 0. The quantitative estimate of drug-likeness (QED) is 0.393. The van der Waals surface area contributed by atoms with Crippen molar-refractivity contribution >= 4 is 29.5 Å². The minimum atomic E-state index is -1.08. The van der Waals surface area contributed by atoms with Gasteiger partial charge in [0.15, 0.2) is 24.6 Å².